The first kappa shape index (κ1) is 20.6. The van der Waals surface area contributed by atoms with E-state index in [-0.39, 0.29) is 11.9 Å². The molecule has 2 heterocycles. The number of ether oxygens (including phenoxy) is 1. The van der Waals surface area contributed by atoms with E-state index >= 15 is 0 Å². The molecule has 4 rings (SSSR count). The quantitative estimate of drug-likeness (QED) is 0.594. The van der Waals surface area contributed by atoms with Crippen molar-refractivity contribution in [3.8, 4) is 5.75 Å². The number of amides is 1. The molecule has 1 aliphatic rings. The molecule has 1 amide bonds. The van der Waals surface area contributed by atoms with Gasteiger partial charge in [0.15, 0.2) is 0 Å². The number of carbonyl (C=O) groups excluding carboxylic acids is 1. The third-order valence-corrected chi connectivity index (χ3v) is 6.23. The molecule has 30 heavy (non-hydrogen) atoms. The molecule has 0 radical (unpaired) electrons. The molecule has 1 fully saturated rings. The Morgan fingerprint density at radius 2 is 2.07 bits per heavy atom. The lowest BCUT2D eigenvalue weighted by Crippen LogP contribution is -2.54. The zero-order valence-corrected chi connectivity index (χ0v) is 18.5. The summed E-state index contributed by atoms with van der Waals surface area (Å²) in [4.78, 5) is 21.7. The van der Waals surface area contributed by atoms with Crippen LogP contribution in [0.15, 0.2) is 48.5 Å². The van der Waals surface area contributed by atoms with E-state index in [4.69, 9.17) is 21.3 Å². The SMILES string of the molecule is COc1cccc(Cc2nsc(N3CCN(C(=O)c4cccc(Cl)c4)C(C)C3)n2)c1. The first-order valence-electron chi connectivity index (χ1n) is 9.80. The summed E-state index contributed by atoms with van der Waals surface area (Å²) in [5, 5.41) is 1.47. The molecule has 156 valence electrons. The van der Waals surface area contributed by atoms with Gasteiger partial charge in [0, 0.05) is 54.2 Å². The fraction of sp³-hybridized carbons (Fsp3) is 0.318. The third-order valence-electron chi connectivity index (χ3n) is 5.18. The Morgan fingerprint density at radius 3 is 2.83 bits per heavy atom. The van der Waals surface area contributed by atoms with Gasteiger partial charge in [-0.25, -0.2) is 4.98 Å². The lowest BCUT2D eigenvalue weighted by molar-refractivity contribution is 0.0674. The van der Waals surface area contributed by atoms with E-state index in [2.05, 4.69) is 16.2 Å². The first-order chi connectivity index (χ1) is 14.5. The minimum Gasteiger partial charge on any atom is -0.497 e. The molecule has 8 heteroatoms. The molecular formula is C22H23ClN4O2S. The maximum atomic E-state index is 12.9. The molecule has 6 nitrogen and oxygen atoms in total. The Hall–Kier alpha value is -2.64. The highest BCUT2D eigenvalue weighted by Crippen LogP contribution is 2.24. The molecule has 1 aromatic heterocycles. The van der Waals surface area contributed by atoms with Gasteiger partial charge in [-0.15, -0.1) is 0 Å². The first-order valence-corrected chi connectivity index (χ1v) is 11.0. The van der Waals surface area contributed by atoms with Gasteiger partial charge >= 0.3 is 0 Å². The smallest absolute Gasteiger partial charge is 0.254 e. The molecule has 3 aromatic rings. The van der Waals surface area contributed by atoms with Gasteiger partial charge < -0.3 is 14.5 Å². The van der Waals surface area contributed by atoms with Gasteiger partial charge in [0.05, 0.1) is 7.11 Å². The average Bonchev–Trinajstić information content (AvgIpc) is 3.22. The second kappa shape index (κ2) is 9.02. The standard InChI is InChI=1S/C22H23ClN4O2S/c1-15-14-26(9-10-27(15)21(28)17-6-4-7-18(23)13-17)22-24-20(25-30-22)12-16-5-3-8-19(11-16)29-2/h3-8,11,13,15H,9-10,12,14H2,1-2H3. The van der Waals surface area contributed by atoms with E-state index < -0.39 is 0 Å². The molecule has 0 N–H and O–H groups in total. The van der Waals surface area contributed by atoms with E-state index in [0.717, 1.165) is 35.4 Å². The maximum Gasteiger partial charge on any atom is 0.254 e. The van der Waals surface area contributed by atoms with Crippen LogP contribution in [0, 0.1) is 0 Å². The minimum absolute atomic E-state index is 0.0145. The molecule has 0 bridgehead atoms. The molecule has 1 aliphatic heterocycles. The number of carbonyl (C=O) groups is 1. The number of aromatic nitrogens is 2. The van der Waals surface area contributed by atoms with Crippen molar-refractivity contribution in [1.29, 1.82) is 0 Å². The topological polar surface area (TPSA) is 58.6 Å². The van der Waals surface area contributed by atoms with Crippen LogP contribution in [0.25, 0.3) is 0 Å². The summed E-state index contributed by atoms with van der Waals surface area (Å²) in [7, 11) is 1.66. The predicted molar refractivity (Wildman–Crippen MR) is 120 cm³/mol. The van der Waals surface area contributed by atoms with E-state index in [1.807, 2.05) is 41.3 Å². The van der Waals surface area contributed by atoms with E-state index in [1.165, 1.54) is 11.5 Å². The Kier molecular flexibility index (Phi) is 6.20. The van der Waals surface area contributed by atoms with Gasteiger partial charge in [-0.2, -0.15) is 4.37 Å². The van der Waals surface area contributed by atoms with Gasteiger partial charge in [0.1, 0.15) is 11.6 Å². The number of hydrogen-bond donors (Lipinski definition) is 0. The number of benzene rings is 2. The number of rotatable bonds is 5. The zero-order valence-electron chi connectivity index (χ0n) is 16.9. The molecule has 0 aliphatic carbocycles. The monoisotopic (exact) mass is 442 g/mol. The molecule has 1 atom stereocenters. The summed E-state index contributed by atoms with van der Waals surface area (Å²) >= 11 is 7.45. The summed E-state index contributed by atoms with van der Waals surface area (Å²) in [6.45, 7) is 4.15. The Balaban J connectivity index is 1.40. The van der Waals surface area contributed by atoms with Crippen LogP contribution >= 0.6 is 23.1 Å². The van der Waals surface area contributed by atoms with E-state index in [1.54, 1.807) is 19.2 Å². The highest BCUT2D eigenvalue weighted by molar-refractivity contribution is 7.09. The molecule has 1 saturated heterocycles. The zero-order chi connectivity index (χ0) is 21.1. The van der Waals surface area contributed by atoms with Crippen LogP contribution in [0.2, 0.25) is 5.02 Å². The van der Waals surface area contributed by atoms with Crippen molar-refractivity contribution >= 4 is 34.2 Å². The Labute approximate surface area is 185 Å². The van der Waals surface area contributed by atoms with Crippen molar-refractivity contribution in [2.75, 3.05) is 31.6 Å². The summed E-state index contributed by atoms with van der Waals surface area (Å²) in [5.41, 5.74) is 1.74. The van der Waals surface area contributed by atoms with E-state index in [0.29, 0.717) is 23.6 Å². The van der Waals surface area contributed by atoms with Gasteiger partial charge in [-0.3, -0.25) is 4.79 Å². The highest BCUT2D eigenvalue weighted by Gasteiger charge is 2.29. The van der Waals surface area contributed by atoms with E-state index in [9.17, 15) is 4.79 Å². The van der Waals surface area contributed by atoms with Crippen LogP contribution in [-0.2, 0) is 6.42 Å². The fourth-order valence-electron chi connectivity index (χ4n) is 3.63. The van der Waals surface area contributed by atoms with Crippen molar-refractivity contribution < 1.29 is 9.53 Å². The summed E-state index contributed by atoms with van der Waals surface area (Å²) in [6.07, 6.45) is 0.663. The van der Waals surface area contributed by atoms with Crippen LogP contribution in [0.1, 0.15) is 28.7 Å². The van der Waals surface area contributed by atoms with Crippen molar-refractivity contribution in [2.45, 2.75) is 19.4 Å². The number of piperazine rings is 1. The van der Waals surface area contributed by atoms with Gasteiger partial charge in [0.25, 0.3) is 5.91 Å². The van der Waals surface area contributed by atoms with Gasteiger partial charge in [0.2, 0.25) is 5.13 Å². The van der Waals surface area contributed by atoms with Crippen LogP contribution in [0.3, 0.4) is 0 Å². The fourth-order valence-corrected chi connectivity index (χ4v) is 4.54. The van der Waals surface area contributed by atoms with Crippen molar-refractivity contribution in [1.82, 2.24) is 14.3 Å². The second-order valence-electron chi connectivity index (χ2n) is 7.33. The normalized spacial score (nSPS) is 16.6. The van der Waals surface area contributed by atoms with Crippen LogP contribution in [0.5, 0.6) is 5.75 Å². The predicted octanol–water partition coefficient (Wildman–Crippen LogP) is 4.14. The number of methoxy groups -OCH3 is 1. The van der Waals surface area contributed by atoms with Crippen LogP contribution < -0.4 is 9.64 Å². The molecule has 1 unspecified atom stereocenters. The summed E-state index contributed by atoms with van der Waals surface area (Å²) in [5.74, 6) is 1.64. The summed E-state index contributed by atoms with van der Waals surface area (Å²) < 4.78 is 9.82. The molecular weight excluding hydrogens is 420 g/mol. The van der Waals surface area contributed by atoms with Crippen molar-refractivity contribution in [2.24, 2.45) is 0 Å². The summed E-state index contributed by atoms with van der Waals surface area (Å²) in [6, 6.07) is 15.1. The largest absolute Gasteiger partial charge is 0.497 e. The maximum absolute atomic E-state index is 12.9. The number of halogens is 1. The lowest BCUT2D eigenvalue weighted by atomic mass is 10.1. The molecule has 0 spiro atoms. The molecule has 0 saturated carbocycles. The van der Waals surface area contributed by atoms with Crippen LogP contribution in [0.4, 0.5) is 5.13 Å². The van der Waals surface area contributed by atoms with Gasteiger partial charge in [-0.05, 0) is 42.8 Å². The molecule has 2 aromatic carbocycles. The number of anilines is 1. The minimum atomic E-state index is 0.0145. The second-order valence-corrected chi connectivity index (χ2v) is 8.49. The third kappa shape index (κ3) is 4.57. The van der Waals surface area contributed by atoms with Crippen molar-refractivity contribution in [3.05, 3.63) is 70.5 Å². The van der Waals surface area contributed by atoms with Crippen molar-refractivity contribution in [3.63, 3.8) is 0 Å². The number of nitrogens with zero attached hydrogens (tertiary/aromatic N) is 4. The Morgan fingerprint density at radius 1 is 1.23 bits per heavy atom. The van der Waals surface area contributed by atoms with Gasteiger partial charge in [-0.1, -0.05) is 29.8 Å². The average molecular weight is 443 g/mol. The Bertz CT molecular complexity index is 1040. The van der Waals surface area contributed by atoms with Crippen LogP contribution in [-0.4, -0.2) is 53.0 Å². The lowest BCUT2D eigenvalue weighted by Gasteiger charge is -2.39. The highest BCUT2D eigenvalue weighted by atomic mass is 35.5. The number of hydrogen-bond acceptors (Lipinski definition) is 6.